The summed E-state index contributed by atoms with van der Waals surface area (Å²) in [6.45, 7) is 4.39. The van der Waals surface area contributed by atoms with Gasteiger partial charge in [0.05, 0.1) is 12.7 Å². The smallest absolute Gasteiger partial charge is 0.139 e. The molecule has 4 nitrogen and oxygen atoms in total. The van der Waals surface area contributed by atoms with E-state index >= 15 is 0 Å². The Labute approximate surface area is 136 Å². The Bertz CT molecular complexity index is 816. The van der Waals surface area contributed by atoms with Gasteiger partial charge in [-0.3, -0.25) is 0 Å². The molecule has 0 aliphatic heterocycles. The lowest BCUT2D eigenvalue weighted by molar-refractivity contribution is 0.0663. The third kappa shape index (κ3) is 3.54. The van der Waals surface area contributed by atoms with Crippen molar-refractivity contribution in [2.24, 2.45) is 0 Å². The zero-order valence-electron chi connectivity index (χ0n) is 13.8. The van der Waals surface area contributed by atoms with Crippen molar-refractivity contribution >= 4 is 10.8 Å². The summed E-state index contributed by atoms with van der Waals surface area (Å²) in [6, 6.07) is 12.3. The predicted molar refractivity (Wildman–Crippen MR) is 92.6 cm³/mol. The largest absolute Gasteiger partial charge is 0.497 e. The van der Waals surface area contributed by atoms with Crippen molar-refractivity contribution in [3.8, 4) is 17.1 Å². The first-order valence-electron chi connectivity index (χ1n) is 7.78. The van der Waals surface area contributed by atoms with Gasteiger partial charge < -0.3 is 14.4 Å². The standard InChI is InChI=1S/C19H22N2O2/c1-19(2,22)8-10-21-11-9-20-18(21)16-5-4-15-13-17(23-3)7-6-14(15)12-16/h4-7,9,11-13,22H,8,10H2,1-3H3. The van der Waals surface area contributed by atoms with Crippen LogP contribution in [0.5, 0.6) is 5.75 Å². The number of ether oxygens (including phenoxy) is 1. The second kappa shape index (κ2) is 6.05. The second-order valence-electron chi connectivity index (χ2n) is 6.43. The van der Waals surface area contributed by atoms with Gasteiger partial charge in [-0.15, -0.1) is 0 Å². The molecule has 23 heavy (non-hydrogen) atoms. The van der Waals surface area contributed by atoms with E-state index in [4.69, 9.17) is 4.74 Å². The van der Waals surface area contributed by atoms with E-state index in [-0.39, 0.29) is 0 Å². The molecule has 0 aliphatic carbocycles. The van der Waals surface area contributed by atoms with Crippen LogP contribution in [0.15, 0.2) is 48.8 Å². The lowest BCUT2D eigenvalue weighted by atomic mass is 10.0. The van der Waals surface area contributed by atoms with Crippen LogP contribution in [0.2, 0.25) is 0 Å². The van der Waals surface area contributed by atoms with Crippen molar-refractivity contribution in [2.45, 2.75) is 32.4 Å². The molecule has 120 valence electrons. The summed E-state index contributed by atoms with van der Waals surface area (Å²) in [5.41, 5.74) is 0.394. The summed E-state index contributed by atoms with van der Waals surface area (Å²) in [6.07, 6.45) is 4.44. The monoisotopic (exact) mass is 310 g/mol. The van der Waals surface area contributed by atoms with Crippen molar-refractivity contribution < 1.29 is 9.84 Å². The minimum Gasteiger partial charge on any atom is -0.497 e. The van der Waals surface area contributed by atoms with Crippen LogP contribution in [0.1, 0.15) is 20.3 Å². The van der Waals surface area contributed by atoms with Crippen molar-refractivity contribution in [3.63, 3.8) is 0 Å². The van der Waals surface area contributed by atoms with Crippen LogP contribution in [-0.2, 0) is 6.54 Å². The molecule has 1 aromatic heterocycles. The average Bonchev–Trinajstić information content (AvgIpc) is 2.99. The Morgan fingerprint density at radius 2 is 1.87 bits per heavy atom. The van der Waals surface area contributed by atoms with Gasteiger partial charge in [-0.05, 0) is 49.2 Å². The van der Waals surface area contributed by atoms with Gasteiger partial charge in [0, 0.05) is 24.5 Å². The zero-order valence-corrected chi connectivity index (χ0v) is 13.8. The van der Waals surface area contributed by atoms with Crippen LogP contribution in [0.3, 0.4) is 0 Å². The van der Waals surface area contributed by atoms with E-state index in [0.717, 1.165) is 34.5 Å². The van der Waals surface area contributed by atoms with Crippen molar-refractivity contribution in [2.75, 3.05) is 7.11 Å². The normalized spacial score (nSPS) is 11.8. The number of rotatable bonds is 5. The summed E-state index contributed by atoms with van der Waals surface area (Å²) in [7, 11) is 1.68. The number of hydrogen-bond donors (Lipinski definition) is 1. The molecule has 0 aliphatic rings. The Balaban J connectivity index is 1.93. The van der Waals surface area contributed by atoms with E-state index in [2.05, 4.69) is 33.8 Å². The quantitative estimate of drug-likeness (QED) is 0.778. The lowest BCUT2D eigenvalue weighted by Crippen LogP contribution is -2.21. The maximum Gasteiger partial charge on any atom is 0.139 e. The molecular formula is C19H22N2O2. The molecule has 3 rings (SSSR count). The maximum absolute atomic E-state index is 9.92. The number of imidazole rings is 1. The fourth-order valence-electron chi connectivity index (χ4n) is 2.63. The van der Waals surface area contributed by atoms with E-state index in [1.807, 2.05) is 32.2 Å². The van der Waals surface area contributed by atoms with Gasteiger partial charge in [0.2, 0.25) is 0 Å². The molecular weight excluding hydrogens is 288 g/mol. The predicted octanol–water partition coefficient (Wildman–Crippen LogP) is 3.87. The molecule has 0 radical (unpaired) electrons. The minimum atomic E-state index is -0.679. The molecule has 2 aromatic carbocycles. The van der Waals surface area contributed by atoms with E-state index in [1.165, 1.54) is 0 Å². The van der Waals surface area contributed by atoms with Crippen LogP contribution in [-0.4, -0.2) is 27.4 Å². The Morgan fingerprint density at radius 1 is 1.13 bits per heavy atom. The highest BCUT2D eigenvalue weighted by atomic mass is 16.5. The van der Waals surface area contributed by atoms with Gasteiger partial charge in [-0.2, -0.15) is 0 Å². The number of aliphatic hydroxyl groups is 1. The summed E-state index contributed by atoms with van der Waals surface area (Å²) < 4.78 is 7.35. The molecule has 0 saturated carbocycles. The highest BCUT2D eigenvalue weighted by Gasteiger charge is 2.14. The Kier molecular flexibility index (Phi) is 4.09. The number of hydrogen-bond acceptors (Lipinski definition) is 3. The SMILES string of the molecule is COc1ccc2cc(-c3nccn3CCC(C)(C)O)ccc2c1. The average molecular weight is 310 g/mol. The van der Waals surface area contributed by atoms with Crippen LogP contribution < -0.4 is 4.74 Å². The fourth-order valence-corrected chi connectivity index (χ4v) is 2.63. The van der Waals surface area contributed by atoms with Crippen LogP contribution >= 0.6 is 0 Å². The van der Waals surface area contributed by atoms with E-state index in [1.54, 1.807) is 13.3 Å². The molecule has 0 saturated heterocycles. The summed E-state index contributed by atoms with van der Waals surface area (Å²) in [5.74, 6) is 1.78. The Hall–Kier alpha value is -2.33. The Morgan fingerprint density at radius 3 is 2.61 bits per heavy atom. The fraction of sp³-hybridized carbons (Fsp3) is 0.316. The minimum absolute atomic E-state index is 0.679. The number of aryl methyl sites for hydroxylation is 1. The van der Waals surface area contributed by atoms with Crippen molar-refractivity contribution in [1.29, 1.82) is 0 Å². The topological polar surface area (TPSA) is 47.3 Å². The van der Waals surface area contributed by atoms with Crippen molar-refractivity contribution in [1.82, 2.24) is 9.55 Å². The number of fused-ring (bicyclic) bond motifs is 1. The molecule has 0 atom stereocenters. The highest BCUT2D eigenvalue weighted by molar-refractivity contribution is 5.87. The molecule has 0 fully saturated rings. The lowest BCUT2D eigenvalue weighted by Gasteiger charge is -2.18. The number of benzene rings is 2. The van der Waals surface area contributed by atoms with Crippen LogP contribution in [0.25, 0.3) is 22.2 Å². The number of methoxy groups -OCH3 is 1. The molecule has 0 spiro atoms. The first-order valence-corrected chi connectivity index (χ1v) is 7.78. The third-order valence-corrected chi connectivity index (χ3v) is 3.99. The molecule has 1 heterocycles. The van der Waals surface area contributed by atoms with E-state index in [9.17, 15) is 5.11 Å². The molecule has 0 unspecified atom stereocenters. The van der Waals surface area contributed by atoms with Gasteiger partial charge in [0.25, 0.3) is 0 Å². The zero-order chi connectivity index (χ0) is 16.4. The van der Waals surface area contributed by atoms with Gasteiger partial charge in [-0.25, -0.2) is 4.98 Å². The van der Waals surface area contributed by atoms with Gasteiger partial charge in [0.15, 0.2) is 0 Å². The number of aromatic nitrogens is 2. The highest BCUT2D eigenvalue weighted by Crippen LogP contribution is 2.26. The number of nitrogens with zero attached hydrogens (tertiary/aromatic N) is 2. The van der Waals surface area contributed by atoms with E-state index in [0.29, 0.717) is 6.42 Å². The second-order valence-corrected chi connectivity index (χ2v) is 6.43. The molecule has 0 bridgehead atoms. The van der Waals surface area contributed by atoms with Gasteiger partial charge in [-0.1, -0.05) is 18.2 Å². The summed E-state index contributed by atoms with van der Waals surface area (Å²) in [5, 5.41) is 12.2. The molecule has 4 heteroatoms. The van der Waals surface area contributed by atoms with E-state index < -0.39 is 5.60 Å². The maximum atomic E-state index is 9.92. The van der Waals surface area contributed by atoms with Gasteiger partial charge in [0.1, 0.15) is 11.6 Å². The first-order chi connectivity index (χ1) is 11.0. The first kappa shape index (κ1) is 15.6. The third-order valence-electron chi connectivity index (χ3n) is 3.99. The summed E-state index contributed by atoms with van der Waals surface area (Å²) in [4.78, 5) is 4.48. The van der Waals surface area contributed by atoms with Crippen molar-refractivity contribution in [3.05, 3.63) is 48.8 Å². The van der Waals surface area contributed by atoms with Gasteiger partial charge >= 0.3 is 0 Å². The van der Waals surface area contributed by atoms with Crippen LogP contribution in [0, 0.1) is 0 Å². The molecule has 1 N–H and O–H groups in total. The van der Waals surface area contributed by atoms with Crippen LogP contribution in [0.4, 0.5) is 0 Å². The molecule has 3 aromatic rings. The molecule has 0 amide bonds. The summed E-state index contributed by atoms with van der Waals surface area (Å²) >= 11 is 0.